The molecule has 3 rings (SSSR count). The van der Waals surface area contributed by atoms with Crippen LogP contribution in [0.15, 0.2) is 36.7 Å². The van der Waals surface area contributed by atoms with Crippen molar-refractivity contribution in [1.29, 1.82) is 0 Å². The Morgan fingerprint density at radius 1 is 1.06 bits per heavy atom. The zero-order valence-electron chi connectivity index (χ0n) is 23.1. The van der Waals surface area contributed by atoms with E-state index in [1.54, 1.807) is 6.20 Å². The molecule has 0 atom stereocenters. The summed E-state index contributed by atoms with van der Waals surface area (Å²) in [6.07, 6.45) is 4.46. The van der Waals surface area contributed by atoms with E-state index in [1.807, 2.05) is 16.9 Å². The normalized spacial score (nSPS) is 12.9. The van der Waals surface area contributed by atoms with Crippen LogP contribution >= 0.6 is 11.6 Å². The van der Waals surface area contributed by atoms with Gasteiger partial charge in [-0.25, -0.2) is 14.6 Å². The van der Waals surface area contributed by atoms with Gasteiger partial charge in [-0.2, -0.15) is 5.10 Å². The first-order valence-electron chi connectivity index (χ1n) is 12.7. The van der Waals surface area contributed by atoms with Gasteiger partial charge in [-0.15, -0.1) is 0 Å². The summed E-state index contributed by atoms with van der Waals surface area (Å²) in [6, 6.07) is 9.27. The van der Waals surface area contributed by atoms with E-state index >= 15 is 0 Å². The molecule has 7 nitrogen and oxygen atoms in total. The van der Waals surface area contributed by atoms with Crippen LogP contribution in [0.5, 0.6) is 0 Å². The van der Waals surface area contributed by atoms with E-state index in [4.69, 9.17) is 20.8 Å². The summed E-state index contributed by atoms with van der Waals surface area (Å²) in [5, 5.41) is 6.10. The van der Waals surface area contributed by atoms with Crippen molar-refractivity contribution < 1.29 is 9.16 Å². The lowest BCUT2D eigenvalue weighted by atomic mass is 10.2. The summed E-state index contributed by atoms with van der Waals surface area (Å²) in [6.45, 7) is 21.1. The van der Waals surface area contributed by atoms with Gasteiger partial charge in [-0.1, -0.05) is 46.5 Å². The number of rotatable bonds is 12. The van der Waals surface area contributed by atoms with Gasteiger partial charge in [-0.05, 0) is 60.4 Å². The van der Waals surface area contributed by atoms with E-state index in [1.165, 1.54) is 0 Å². The molecule has 0 aliphatic rings. The topological polar surface area (TPSA) is 65.3 Å². The second-order valence-corrected chi connectivity index (χ2v) is 22.8. The maximum absolute atomic E-state index is 6.43. The van der Waals surface area contributed by atoms with Gasteiger partial charge in [0, 0.05) is 39.4 Å². The van der Waals surface area contributed by atoms with Crippen LogP contribution in [0.25, 0.3) is 10.9 Å². The minimum Gasteiger partial charge on any atom is -0.417 e. The second kappa shape index (κ2) is 11.7. The van der Waals surface area contributed by atoms with Gasteiger partial charge in [-0.3, -0.25) is 0 Å². The molecule has 0 N–H and O–H groups in total. The van der Waals surface area contributed by atoms with Crippen LogP contribution in [0.3, 0.4) is 0 Å². The van der Waals surface area contributed by atoms with Crippen LogP contribution < -0.4 is 4.90 Å². The van der Waals surface area contributed by atoms with Crippen LogP contribution in [0.2, 0.25) is 49.1 Å². The van der Waals surface area contributed by atoms with Gasteiger partial charge < -0.3 is 14.1 Å². The molecule has 0 spiro atoms. The molecule has 0 amide bonds. The predicted molar refractivity (Wildman–Crippen MR) is 156 cm³/mol. The van der Waals surface area contributed by atoms with E-state index in [9.17, 15) is 0 Å². The Labute approximate surface area is 223 Å². The highest BCUT2D eigenvalue weighted by molar-refractivity contribution is 6.76. The predicted octanol–water partition coefficient (Wildman–Crippen LogP) is 7.34. The molecule has 0 saturated carbocycles. The van der Waals surface area contributed by atoms with Crippen molar-refractivity contribution in [2.45, 2.75) is 77.7 Å². The molecule has 1 aromatic carbocycles. The van der Waals surface area contributed by atoms with Gasteiger partial charge in [0.15, 0.2) is 8.32 Å². The number of nitrogens with zero attached hydrogens (tertiary/aromatic N) is 5. The first-order chi connectivity index (χ1) is 16.8. The van der Waals surface area contributed by atoms with Crippen LogP contribution in [0.4, 0.5) is 11.5 Å². The molecule has 3 aromatic rings. The van der Waals surface area contributed by atoms with Gasteiger partial charge in [0.25, 0.3) is 0 Å². The lowest BCUT2D eigenvalue weighted by Gasteiger charge is -2.36. The van der Waals surface area contributed by atoms with E-state index in [-0.39, 0.29) is 10.3 Å². The van der Waals surface area contributed by atoms with Gasteiger partial charge >= 0.3 is 0 Å². The largest absolute Gasteiger partial charge is 0.417 e. The Hall–Kier alpha value is -1.79. The van der Waals surface area contributed by atoms with Crippen molar-refractivity contribution in [2.75, 3.05) is 24.7 Å². The molecule has 2 heterocycles. The monoisotopic (exact) mass is 547 g/mol. The smallest absolute Gasteiger partial charge is 0.224 e. The molecule has 10 heteroatoms. The molecule has 36 heavy (non-hydrogen) atoms. The first kappa shape index (κ1) is 28.8. The number of aromatic nitrogens is 4. The number of hydrogen-bond acceptors (Lipinski definition) is 6. The summed E-state index contributed by atoms with van der Waals surface area (Å²) < 4.78 is 14.3. The Balaban J connectivity index is 1.81. The summed E-state index contributed by atoms with van der Waals surface area (Å²) in [5.74, 6) is 0.758. The van der Waals surface area contributed by atoms with Gasteiger partial charge in [0.2, 0.25) is 5.28 Å². The zero-order chi connectivity index (χ0) is 26.6. The number of ether oxygens (including phenoxy) is 1. The Morgan fingerprint density at radius 2 is 1.81 bits per heavy atom. The van der Waals surface area contributed by atoms with Crippen molar-refractivity contribution in [3.05, 3.63) is 41.9 Å². The van der Waals surface area contributed by atoms with Crippen molar-refractivity contribution in [3.8, 4) is 0 Å². The molecule has 198 valence electrons. The minimum absolute atomic E-state index is 0.185. The van der Waals surface area contributed by atoms with E-state index in [0.29, 0.717) is 13.3 Å². The molecule has 2 aromatic heterocycles. The Morgan fingerprint density at radius 3 is 2.47 bits per heavy atom. The SMILES string of the molecule is CC(C)(C)[Si](C)(C)OCCCN(c1ccnc(Cl)n1)c1cccc2c1cnn2COCC[Si](C)(C)C. The number of fused-ring (bicyclic) bond motifs is 1. The van der Waals surface area contributed by atoms with Crippen LogP contribution in [0, 0.1) is 0 Å². The van der Waals surface area contributed by atoms with Crippen molar-refractivity contribution >= 4 is 50.4 Å². The summed E-state index contributed by atoms with van der Waals surface area (Å²) >= 11 is 6.17. The number of benzene rings is 1. The van der Waals surface area contributed by atoms with Gasteiger partial charge in [0.05, 0.1) is 17.4 Å². The fraction of sp³-hybridized carbons (Fsp3) is 0.577. The highest BCUT2D eigenvalue weighted by atomic mass is 35.5. The summed E-state index contributed by atoms with van der Waals surface area (Å²) in [4.78, 5) is 10.8. The highest BCUT2D eigenvalue weighted by Crippen LogP contribution is 2.37. The average molecular weight is 548 g/mol. The second-order valence-electron chi connectivity index (χ2n) is 12.0. The fourth-order valence-corrected chi connectivity index (χ4v) is 5.54. The number of anilines is 2. The van der Waals surface area contributed by atoms with E-state index in [2.05, 4.69) is 91.7 Å². The molecule has 0 bridgehead atoms. The lowest BCUT2D eigenvalue weighted by molar-refractivity contribution is 0.0817. The summed E-state index contributed by atoms with van der Waals surface area (Å²) in [7, 11) is -2.93. The van der Waals surface area contributed by atoms with Crippen molar-refractivity contribution in [1.82, 2.24) is 19.7 Å². The van der Waals surface area contributed by atoms with Crippen molar-refractivity contribution in [2.24, 2.45) is 0 Å². The van der Waals surface area contributed by atoms with Crippen LogP contribution in [-0.4, -0.2) is 55.9 Å². The molecule has 0 aliphatic carbocycles. The molecular formula is C26H42ClN5O2Si2. The molecule has 0 unspecified atom stereocenters. The third kappa shape index (κ3) is 7.61. The quantitative estimate of drug-likeness (QED) is 0.134. The average Bonchev–Trinajstić information content (AvgIpc) is 3.19. The zero-order valence-corrected chi connectivity index (χ0v) is 25.9. The number of hydrogen-bond donors (Lipinski definition) is 0. The maximum atomic E-state index is 6.43. The first-order valence-corrected chi connectivity index (χ1v) is 19.7. The van der Waals surface area contributed by atoms with E-state index < -0.39 is 16.4 Å². The van der Waals surface area contributed by atoms with Crippen molar-refractivity contribution in [3.63, 3.8) is 0 Å². The lowest BCUT2D eigenvalue weighted by Crippen LogP contribution is -2.41. The molecule has 0 fully saturated rings. The standard InChI is InChI=1S/C26H42ClN5O2Si2/c1-26(2,3)36(7,8)34-16-10-15-31(24-13-14-28-25(27)30-24)22-11-9-12-23-21(22)19-29-32(23)20-33-17-18-35(4,5)6/h9,11-14,19H,10,15-18,20H2,1-8H3. The Bertz CT molecular complexity index is 1140. The molecule has 0 saturated heterocycles. The highest BCUT2D eigenvalue weighted by Gasteiger charge is 2.36. The van der Waals surface area contributed by atoms with Crippen LogP contribution in [0.1, 0.15) is 27.2 Å². The van der Waals surface area contributed by atoms with Gasteiger partial charge in [0.1, 0.15) is 12.5 Å². The number of halogens is 1. The third-order valence-corrected chi connectivity index (χ3v) is 13.3. The summed E-state index contributed by atoms with van der Waals surface area (Å²) in [5.41, 5.74) is 2.06. The van der Waals surface area contributed by atoms with Crippen LogP contribution in [-0.2, 0) is 15.9 Å². The maximum Gasteiger partial charge on any atom is 0.224 e. The third-order valence-electron chi connectivity index (χ3n) is 6.85. The molecular weight excluding hydrogens is 506 g/mol. The Kier molecular flexibility index (Phi) is 9.37. The minimum atomic E-state index is -1.80. The molecule has 0 aliphatic heterocycles. The molecule has 0 radical (unpaired) electrons. The fourth-order valence-electron chi connectivity index (χ4n) is 3.56. The van der Waals surface area contributed by atoms with E-state index in [0.717, 1.165) is 48.0 Å².